The molecule has 2 amide bonds. The first-order valence-corrected chi connectivity index (χ1v) is 10.4. The second-order valence-corrected chi connectivity index (χ2v) is 8.56. The maximum Gasteiger partial charge on any atom is 0.230 e. The molecule has 1 aliphatic carbocycles. The Morgan fingerprint density at radius 1 is 0.818 bits per heavy atom. The summed E-state index contributed by atoms with van der Waals surface area (Å²) in [4.78, 5) is 29.2. The predicted octanol–water partition coefficient (Wildman–Crippen LogP) is 1.72. The second-order valence-electron chi connectivity index (χ2n) is 6.11. The molecule has 0 aromatic heterocycles. The summed E-state index contributed by atoms with van der Waals surface area (Å²) < 4.78 is 0. The molecule has 0 spiro atoms. The van der Waals surface area contributed by atoms with Crippen molar-refractivity contribution in [2.75, 3.05) is 49.2 Å². The molecule has 0 aromatic rings. The average Bonchev–Trinajstić information content (AvgIpc) is 3.29. The molecule has 2 aliphatic heterocycles. The lowest BCUT2D eigenvalue weighted by atomic mass is 10.2. The molecule has 3 aliphatic rings. The highest BCUT2D eigenvalue weighted by Gasteiger charge is 2.54. The van der Waals surface area contributed by atoms with Crippen molar-refractivity contribution in [1.29, 1.82) is 0 Å². The Balaban J connectivity index is 1.60. The standard InChI is InChI=1S/C16H24N2O2S2/c1-12-13(15(19)17-4-2-8-21-10-6-17)14(12)16(20)18-5-3-9-22-11-7-18/h13-14H,1-11H2. The summed E-state index contributed by atoms with van der Waals surface area (Å²) in [5.74, 6) is 4.05. The molecule has 122 valence electrons. The van der Waals surface area contributed by atoms with E-state index >= 15 is 0 Å². The van der Waals surface area contributed by atoms with Crippen LogP contribution in [0.5, 0.6) is 0 Å². The van der Waals surface area contributed by atoms with Gasteiger partial charge >= 0.3 is 0 Å². The van der Waals surface area contributed by atoms with Gasteiger partial charge in [0.15, 0.2) is 0 Å². The molecule has 22 heavy (non-hydrogen) atoms. The third-order valence-electron chi connectivity index (χ3n) is 4.62. The first-order chi connectivity index (χ1) is 10.7. The summed E-state index contributed by atoms with van der Waals surface area (Å²) in [6.45, 7) is 7.29. The van der Waals surface area contributed by atoms with Crippen LogP contribution >= 0.6 is 23.5 Å². The number of hydrogen-bond donors (Lipinski definition) is 0. The molecule has 3 rings (SSSR count). The van der Waals surface area contributed by atoms with Crippen LogP contribution in [0.4, 0.5) is 0 Å². The van der Waals surface area contributed by atoms with Gasteiger partial charge in [-0.1, -0.05) is 12.2 Å². The van der Waals surface area contributed by atoms with Gasteiger partial charge < -0.3 is 9.80 Å². The molecule has 3 fully saturated rings. The third kappa shape index (κ3) is 3.48. The van der Waals surface area contributed by atoms with E-state index in [-0.39, 0.29) is 23.7 Å². The van der Waals surface area contributed by atoms with Crippen molar-refractivity contribution in [2.45, 2.75) is 12.8 Å². The van der Waals surface area contributed by atoms with Crippen LogP contribution in [0.15, 0.2) is 12.2 Å². The van der Waals surface area contributed by atoms with Crippen LogP contribution in [0.3, 0.4) is 0 Å². The van der Waals surface area contributed by atoms with E-state index in [0.29, 0.717) is 0 Å². The zero-order valence-electron chi connectivity index (χ0n) is 13.0. The maximum atomic E-state index is 12.7. The zero-order chi connectivity index (χ0) is 15.5. The van der Waals surface area contributed by atoms with Crippen LogP contribution in [0.2, 0.25) is 0 Å². The van der Waals surface area contributed by atoms with Crippen molar-refractivity contribution in [3.63, 3.8) is 0 Å². The van der Waals surface area contributed by atoms with Gasteiger partial charge in [0.2, 0.25) is 11.8 Å². The van der Waals surface area contributed by atoms with Gasteiger partial charge in [0.25, 0.3) is 0 Å². The number of carbonyl (C=O) groups is 2. The topological polar surface area (TPSA) is 40.6 Å². The average molecular weight is 341 g/mol. The number of nitrogens with zero attached hydrogens (tertiary/aromatic N) is 2. The molecule has 2 heterocycles. The summed E-state index contributed by atoms with van der Waals surface area (Å²) in [5, 5.41) is 0. The first-order valence-electron chi connectivity index (χ1n) is 8.12. The number of hydrogen-bond acceptors (Lipinski definition) is 4. The van der Waals surface area contributed by atoms with Crippen molar-refractivity contribution in [3.8, 4) is 0 Å². The van der Waals surface area contributed by atoms with Crippen LogP contribution in [0, 0.1) is 11.8 Å². The van der Waals surface area contributed by atoms with Gasteiger partial charge in [-0.05, 0) is 24.3 Å². The Bertz CT molecular complexity index is 413. The van der Waals surface area contributed by atoms with E-state index in [1.165, 1.54) is 0 Å². The lowest BCUT2D eigenvalue weighted by molar-refractivity contribution is -0.137. The minimum absolute atomic E-state index is 0.134. The summed E-state index contributed by atoms with van der Waals surface area (Å²) in [6, 6.07) is 0. The Morgan fingerprint density at radius 3 is 1.73 bits per heavy atom. The van der Waals surface area contributed by atoms with Gasteiger partial charge in [-0.25, -0.2) is 0 Å². The minimum atomic E-state index is -0.244. The smallest absolute Gasteiger partial charge is 0.230 e. The predicted molar refractivity (Wildman–Crippen MR) is 93.2 cm³/mol. The molecular formula is C16H24N2O2S2. The Kier molecular flexibility index (Phi) is 5.39. The number of carbonyl (C=O) groups excluding carboxylic acids is 2. The molecule has 0 bridgehead atoms. The quantitative estimate of drug-likeness (QED) is 0.718. The zero-order valence-corrected chi connectivity index (χ0v) is 14.6. The number of thioether (sulfide) groups is 2. The monoisotopic (exact) mass is 340 g/mol. The lowest BCUT2D eigenvalue weighted by Gasteiger charge is -2.22. The van der Waals surface area contributed by atoms with Crippen molar-refractivity contribution in [1.82, 2.24) is 9.80 Å². The molecule has 2 saturated heterocycles. The van der Waals surface area contributed by atoms with E-state index in [9.17, 15) is 9.59 Å². The fourth-order valence-corrected chi connectivity index (χ4v) is 5.02. The maximum absolute atomic E-state index is 12.7. The van der Waals surface area contributed by atoms with E-state index in [2.05, 4.69) is 6.58 Å². The van der Waals surface area contributed by atoms with Crippen molar-refractivity contribution in [3.05, 3.63) is 12.2 Å². The van der Waals surface area contributed by atoms with E-state index in [1.54, 1.807) is 0 Å². The fourth-order valence-electron chi connectivity index (χ4n) is 3.24. The summed E-state index contributed by atoms with van der Waals surface area (Å²) in [7, 11) is 0. The van der Waals surface area contributed by atoms with Crippen LogP contribution in [0.25, 0.3) is 0 Å². The fraction of sp³-hybridized carbons (Fsp3) is 0.750. The molecule has 0 N–H and O–H groups in total. The highest BCUT2D eigenvalue weighted by molar-refractivity contribution is 7.99. The highest BCUT2D eigenvalue weighted by Crippen LogP contribution is 2.47. The van der Waals surface area contributed by atoms with E-state index in [4.69, 9.17) is 0 Å². The third-order valence-corrected chi connectivity index (χ3v) is 6.72. The lowest BCUT2D eigenvalue weighted by Crippen LogP contribution is -2.38. The summed E-state index contributed by atoms with van der Waals surface area (Å²) >= 11 is 3.82. The van der Waals surface area contributed by atoms with Gasteiger partial charge in [-0.2, -0.15) is 23.5 Å². The molecule has 0 aromatic carbocycles. The van der Waals surface area contributed by atoms with Gasteiger partial charge in [0.1, 0.15) is 0 Å². The van der Waals surface area contributed by atoms with Crippen molar-refractivity contribution in [2.24, 2.45) is 11.8 Å². The first kappa shape index (κ1) is 16.2. The van der Waals surface area contributed by atoms with Gasteiger partial charge in [0.05, 0.1) is 11.8 Å². The Hall–Kier alpha value is -0.620. The number of amides is 2. The molecule has 6 heteroatoms. The van der Waals surface area contributed by atoms with E-state index in [1.807, 2.05) is 33.3 Å². The van der Waals surface area contributed by atoms with Gasteiger partial charge in [-0.3, -0.25) is 9.59 Å². The van der Waals surface area contributed by atoms with Crippen LogP contribution in [0.1, 0.15) is 12.8 Å². The van der Waals surface area contributed by atoms with Crippen LogP contribution in [-0.2, 0) is 9.59 Å². The largest absolute Gasteiger partial charge is 0.341 e. The molecule has 2 unspecified atom stereocenters. The second kappa shape index (κ2) is 7.30. The SMILES string of the molecule is C=C1C(C(=O)N2CCCSCC2)C1C(=O)N1CCCSCC1. The molecule has 4 nitrogen and oxygen atoms in total. The molecular weight excluding hydrogens is 316 g/mol. The Morgan fingerprint density at radius 2 is 1.27 bits per heavy atom. The molecule has 0 radical (unpaired) electrons. The number of rotatable bonds is 2. The van der Waals surface area contributed by atoms with Crippen LogP contribution < -0.4 is 0 Å². The molecule has 1 saturated carbocycles. The van der Waals surface area contributed by atoms with Crippen molar-refractivity contribution < 1.29 is 9.59 Å². The van der Waals surface area contributed by atoms with Crippen LogP contribution in [-0.4, -0.2) is 70.8 Å². The van der Waals surface area contributed by atoms with Gasteiger partial charge in [-0.15, -0.1) is 0 Å². The normalized spacial score (nSPS) is 29.7. The summed E-state index contributed by atoms with van der Waals surface area (Å²) in [6.07, 6.45) is 2.11. The van der Waals surface area contributed by atoms with Gasteiger partial charge in [0, 0.05) is 37.7 Å². The van der Waals surface area contributed by atoms with E-state index < -0.39 is 0 Å². The molecule has 2 atom stereocenters. The van der Waals surface area contributed by atoms with E-state index in [0.717, 1.165) is 67.6 Å². The highest BCUT2D eigenvalue weighted by atomic mass is 32.2. The Labute approximate surface area is 141 Å². The van der Waals surface area contributed by atoms with Crippen molar-refractivity contribution >= 4 is 35.3 Å². The minimum Gasteiger partial charge on any atom is -0.341 e. The summed E-state index contributed by atoms with van der Waals surface area (Å²) in [5.41, 5.74) is 0.837.